The van der Waals surface area contributed by atoms with E-state index in [2.05, 4.69) is 10.3 Å². The molecule has 2 N–H and O–H groups in total. The van der Waals surface area contributed by atoms with Crippen molar-refractivity contribution in [1.29, 1.82) is 0 Å². The van der Waals surface area contributed by atoms with Crippen molar-refractivity contribution in [3.05, 3.63) is 69.9 Å². The van der Waals surface area contributed by atoms with Gasteiger partial charge in [-0.25, -0.2) is 4.39 Å². The summed E-state index contributed by atoms with van der Waals surface area (Å²) in [6, 6.07) is 11.8. The van der Waals surface area contributed by atoms with Gasteiger partial charge in [0.1, 0.15) is 11.9 Å². The van der Waals surface area contributed by atoms with Crippen molar-refractivity contribution < 1.29 is 9.18 Å². The molecule has 0 bridgehead atoms. The van der Waals surface area contributed by atoms with Crippen molar-refractivity contribution in [2.24, 2.45) is 0 Å². The fourth-order valence-corrected chi connectivity index (χ4v) is 3.27. The molecule has 0 spiro atoms. The van der Waals surface area contributed by atoms with E-state index in [-0.39, 0.29) is 11.4 Å². The molecular formula is C20H19FN2O. The molecule has 3 nitrogen and oxygen atoms in total. The monoisotopic (exact) mass is 322 g/mol. The first kappa shape index (κ1) is 14.9. The van der Waals surface area contributed by atoms with E-state index in [9.17, 15) is 9.18 Å². The molecule has 1 aromatic carbocycles. The van der Waals surface area contributed by atoms with Gasteiger partial charge in [-0.15, -0.1) is 0 Å². The van der Waals surface area contributed by atoms with Crippen LogP contribution in [0.4, 0.5) is 4.39 Å². The molecular weight excluding hydrogens is 303 g/mol. The predicted octanol–water partition coefficient (Wildman–Crippen LogP) is 2.29. The number of halogens is 1. The summed E-state index contributed by atoms with van der Waals surface area (Å²) in [5.41, 5.74) is 2.20. The molecule has 2 aliphatic rings. The predicted molar refractivity (Wildman–Crippen MR) is 92.4 cm³/mol. The zero-order valence-electron chi connectivity index (χ0n) is 13.5. The second-order valence-electron chi connectivity index (χ2n) is 6.62. The normalized spacial score (nSPS) is 20.8. The fraction of sp³-hybridized carbons (Fsp3) is 0.250. The number of hydrogen-bond acceptors (Lipinski definition) is 1. The number of fused-ring (bicyclic) bond motifs is 1. The summed E-state index contributed by atoms with van der Waals surface area (Å²) in [4.78, 5) is 15.7. The van der Waals surface area contributed by atoms with E-state index in [1.807, 2.05) is 43.3 Å². The standard InChI is InChI=1S/C20H19FN2O/c1-13-9-14-11-18(22-17(14)12-16(21)10-13)19(24)23-20(7-8-20)15-5-3-2-4-6-15/h2-6,9-12,16,22H,7-8H2,1H3,(H,23,24). The van der Waals surface area contributed by atoms with Crippen molar-refractivity contribution in [2.75, 3.05) is 0 Å². The Morgan fingerprint density at radius 1 is 1.25 bits per heavy atom. The lowest BCUT2D eigenvalue weighted by molar-refractivity contribution is 0.0926. The highest BCUT2D eigenvalue weighted by Crippen LogP contribution is 2.45. The summed E-state index contributed by atoms with van der Waals surface area (Å²) in [5, 5.41) is 4.64. The van der Waals surface area contributed by atoms with Crippen molar-refractivity contribution in [2.45, 2.75) is 31.5 Å². The molecule has 1 fully saturated rings. The second-order valence-corrected chi connectivity index (χ2v) is 6.62. The van der Waals surface area contributed by atoms with Gasteiger partial charge in [0, 0.05) is 10.6 Å². The van der Waals surface area contributed by atoms with Crippen LogP contribution in [0.25, 0.3) is 12.2 Å². The summed E-state index contributed by atoms with van der Waals surface area (Å²) in [5.74, 6) is -0.150. The van der Waals surface area contributed by atoms with Gasteiger partial charge in [-0.3, -0.25) is 4.79 Å². The second kappa shape index (κ2) is 5.48. The first-order valence-corrected chi connectivity index (χ1v) is 8.19. The van der Waals surface area contributed by atoms with Crippen LogP contribution in [0, 0.1) is 0 Å². The van der Waals surface area contributed by atoms with E-state index < -0.39 is 6.17 Å². The third-order valence-electron chi connectivity index (χ3n) is 4.69. The Labute approximate surface area is 139 Å². The van der Waals surface area contributed by atoms with Crippen LogP contribution in [-0.4, -0.2) is 17.1 Å². The van der Waals surface area contributed by atoms with E-state index >= 15 is 0 Å². The lowest BCUT2D eigenvalue weighted by Crippen LogP contribution is -2.35. The summed E-state index contributed by atoms with van der Waals surface area (Å²) < 4.78 is 13.8. The number of nitrogens with one attached hydrogen (secondary N) is 2. The van der Waals surface area contributed by atoms with Crippen molar-refractivity contribution in [3.63, 3.8) is 0 Å². The van der Waals surface area contributed by atoms with Gasteiger partial charge in [-0.1, -0.05) is 42.0 Å². The van der Waals surface area contributed by atoms with E-state index in [1.54, 1.807) is 12.1 Å². The van der Waals surface area contributed by atoms with Crippen LogP contribution < -0.4 is 15.9 Å². The number of aromatic nitrogens is 1. The Bertz CT molecular complexity index is 936. The Morgan fingerprint density at radius 2 is 2.00 bits per heavy atom. The van der Waals surface area contributed by atoms with Crippen LogP contribution in [0.15, 0.2) is 48.0 Å². The first-order valence-electron chi connectivity index (χ1n) is 8.19. The number of alkyl halides is 1. The third kappa shape index (κ3) is 2.68. The molecule has 1 atom stereocenters. The summed E-state index contributed by atoms with van der Waals surface area (Å²) in [6.07, 6.45) is 5.69. The number of carbonyl (C=O) groups excluding carboxylic acids is 1. The minimum atomic E-state index is -1.14. The molecule has 1 heterocycles. The van der Waals surface area contributed by atoms with Crippen LogP contribution in [0.5, 0.6) is 0 Å². The van der Waals surface area contributed by atoms with Crippen LogP contribution in [0.3, 0.4) is 0 Å². The molecule has 4 rings (SSSR count). The lowest BCUT2D eigenvalue weighted by Gasteiger charge is -2.17. The SMILES string of the molecule is CC1=CC(F)C=c2[nH]c(C(=O)NC3(c4ccccc4)CC3)cc2=C1. The molecule has 0 radical (unpaired) electrons. The Balaban J connectivity index is 1.64. The Morgan fingerprint density at radius 3 is 2.71 bits per heavy atom. The van der Waals surface area contributed by atoms with Gasteiger partial charge in [0.2, 0.25) is 0 Å². The summed E-state index contributed by atoms with van der Waals surface area (Å²) >= 11 is 0. The molecule has 1 unspecified atom stereocenters. The smallest absolute Gasteiger partial charge is 0.268 e. The fourth-order valence-electron chi connectivity index (χ4n) is 3.27. The van der Waals surface area contributed by atoms with E-state index in [1.165, 1.54) is 6.08 Å². The van der Waals surface area contributed by atoms with E-state index in [0.29, 0.717) is 11.0 Å². The Kier molecular flexibility index (Phi) is 3.41. The van der Waals surface area contributed by atoms with Crippen molar-refractivity contribution in [3.8, 4) is 0 Å². The molecule has 1 aromatic heterocycles. The highest BCUT2D eigenvalue weighted by atomic mass is 19.1. The highest BCUT2D eigenvalue weighted by Gasteiger charge is 2.45. The van der Waals surface area contributed by atoms with Gasteiger partial charge < -0.3 is 10.3 Å². The first-order chi connectivity index (χ1) is 11.6. The molecule has 2 aliphatic carbocycles. The number of amides is 1. The Hall–Kier alpha value is -2.62. The average molecular weight is 322 g/mol. The molecule has 24 heavy (non-hydrogen) atoms. The van der Waals surface area contributed by atoms with Gasteiger partial charge in [0.05, 0.1) is 5.54 Å². The van der Waals surface area contributed by atoms with Gasteiger partial charge >= 0.3 is 0 Å². The van der Waals surface area contributed by atoms with Gasteiger partial charge in [-0.05, 0) is 43.5 Å². The minimum absolute atomic E-state index is 0.150. The summed E-state index contributed by atoms with van der Waals surface area (Å²) in [6.45, 7) is 1.86. The number of aromatic amines is 1. The molecule has 1 amide bonds. The largest absolute Gasteiger partial charge is 0.351 e. The molecule has 122 valence electrons. The number of hydrogen-bond donors (Lipinski definition) is 2. The topological polar surface area (TPSA) is 44.9 Å². The minimum Gasteiger partial charge on any atom is -0.351 e. The van der Waals surface area contributed by atoms with Crippen LogP contribution in [0.2, 0.25) is 0 Å². The van der Waals surface area contributed by atoms with Gasteiger partial charge in [-0.2, -0.15) is 0 Å². The number of allylic oxidation sites excluding steroid dienone is 2. The number of benzene rings is 1. The highest BCUT2D eigenvalue weighted by molar-refractivity contribution is 5.93. The van der Waals surface area contributed by atoms with Crippen LogP contribution in [0.1, 0.15) is 35.8 Å². The van der Waals surface area contributed by atoms with Gasteiger partial charge in [0.25, 0.3) is 5.91 Å². The zero-order valence-corrected chi connectivity index (χ0v) is 13.5. The third-order valence-corrected chi connectivity index (χ3v) is 4.69. The zero-order chi connectivity index (χ0) is 16.7. The van der Waals surface area contributed by atoms with Crippen molar-refractivity contribution >= 4 is 18.1 Å². The number of carbonyl (C=O) groups is 1. The average Bonchev–Trinajstić information content (AvgIpc) is 3.26. The molecule has 2 aromatic rings. The maximum atomic E-state index is 13.8. The van der Waals surface area contributed by atoms with Gasteiger partial charge in [0.15, 0.2) is 0 Å². The quantitative estimate of drug-likeness (QED) is 0.895. The molecule has 4 heteroatoms. The maximum absolute atomic E-state index is 13.8. The molecule has 0 saturated heterocycles. The summed E-state index contributed by atoms with van der Waals surface area (Å²) in [7, 11) is 0. The van der Waals surface area contributed by atoms with Crippen LogP contribution >= 0.6 is 0 Å². The van der Waals surface area contributed by atoms with Crippen molar-refractivity contribution in [1.82, 2.24) is 10.3 Å². The maximum Gasteiger partial charge on any atom is 0.268 e. The van der Waals surface area contributed by atoms with Crippen LogP contribution in [-0.2, 0) is 5.54 Å². The van der Waals surface area contributed by atoms with E-state index in [4.69, 9.17) is 0 Å². The number of rotatable bonds is 3. The van der Waals surface area contributed by atoms with E-state index in [0.717, 1.165) is 29.2 Å². The lowest BCUT2D eigenvalue weighted by atomic mass is 10.0. The molecule has 1 saturated carbocycles. The number of H-pyrrole nitrogens is 1. The molecule has 0 aliphatic heterocycles.